The highest BCUT2D eigenvalue weighted by molar-refractivity contribution is 7.89. The van der Waals surface area contributed by atoms with E-state index in [1.807, 2.05) is 38.1 Å². The predicted octanol–water partition coefficient (Wildman–Crippen LogP) is 1.94. The minimum Gasteiger partial charge on any atom is -0.350 e. The van der Waals surface area contributed by atoms with Gasteiger partial charge in [-0.05, 0) is 37.1 Å². The van der Waals surface area contributed by atoms with Crippen molar-refractivity contribution in [2.75, 3.05) is 6.54 Å². The van der Waals surface area contributed by atoms with Crippen LogP contribution < -0.4 is 10.0 Å². The molecule has 6 nitrogen and oxygen atoms in total. The third kappa shape index (κ3) is 4.87. The molecule has 0 aliphatic heterocycles. The number of benzene rings is 1. The van der Waals surface area contributed by atoms with Crippen molar-refractivity contribution in [1.82, 2.24) is 15.0 Å². The Bertz CT molecular complexity index is 792. The van der Waals surface area contributed by atoms with Gasteiger partial charge in [-0.1, -0.05) is 24.3 Å². The van der Waals surface area contributed by atoms with E-state index in [9.17, 15) is 13.2 Å². The standard InChI is InChI=1S/C17H21N3O3S/c1-13-6-3-4-8-16(13)14(2)20-17(21)9-11-19-24(22,23)15-7-5-10-18-12-15/h3-8,10,12,14,19H,9,11H2,1-2H3,(H,20,21)/t14-/m0/s1. The first kappa shape index (κ1) is 18.1. The van der Waals surface area contributed by atoms with E-state index in [-0.39, 0.29) is 29.8 Å². The minimum atomic E-state index is -3.64. The molecule has 24 heavy (non-hydrogen) atoms. The Kier molecular flexibility index (Phi) is 6.05. The van der Waals surface area contributed by atoms with E-state index in [2.05, 4.69) is 15.0 Å². The van der Waals surface area contributed by atoms with Crippen LogP contribution in [0.3, 0.4) is 0 Å². The quantitative estimate of drug-likeness (QED) is 0.801. The topological polar surface area (TPSA) is 88.2 Å². The van der Waals surface area contributed by atoms with Crippen LogP contribution in [-0.4, -0.2) is 25.9 Å². The molecule has 0 saturated carbocycles. The van der Waals surface area contributed by atoms with Gasteiger partial charge < -0.3 is 5.32 Å². The molecule has 2 N–H and O–H groups in total. The third-order valence-electron chi connectivity index (χ3n) is 3.62. The van der Waals surface area contributed by atoms with Gasteiger partial charge in [-0.25, -0.2) is 13.1 Å². The number of aromatic nitrogens is 1. The third-order valence-corrected chi connectivity index (χ3v) is 5.07. The Morgan fingerprint density at radius 2 is 1.96 bits per heavy atom. The molecule has 0 radical (unpaired) electrons. The van der Waals surface area contributed by atoms with Gasteiger partial charge in [0.05, 0.1) is 6.04 Å². The average Bonchev–Trinajstić information content (AvgIpc) is 2.55. The van der Waals surface area contributed by atoms with Crippen LogP contribution in [0.4, 0.5) is 0 Å². The fourth-order valence-corrected chi connectivity index (χ4v) is 3.35. The molecule has 2 rings (SSSR count). The van der Waals surface area contributed by atoms with Crippen LogP contribution in [0.15, 0.2) is 53.7 Å². The first-order valence-electron chi connectivity index (χ1n) is 7.65. The van der Waals surface area contributed by atoms with Gasteiger partial charge in [0, 0.05) is 25.4 Å². The fraction of sp³-hybridized carbons (Fsp3) is 0.294. The number of pyridine rings is 1. The van der Waals surface area contributed by atoms with E-state index in [0.29, 0.717) is 0 Å². The van der Waals surface area contributed by atoms with E-state index in [1.54, 1.807) is 6.07 Å². The maximum atomic E-state index is 12.0. The summed E-state index contributed by atoms with van der Waals surface area (Å²) in [5.74, 6) is -0.209. The number of sulfonamides is 1. The van der Waals surface area contributed by atoms with E-state index in [1.165, 1.54) is 18.5 Å². The van der Waals surface area contributed by atoms with Crippen molar-refractivity contribution in [3.8, 4) is 0 Å². The minimum absolute atomic E-state index is 0.0313. The van der Waals surface area contributed by atoms with Crippen LogP contribution in [0.25, 0.3) is 0 Å². The molecular formula is C17H21N3O3S. The molecule has 128 valence electrons. The Labute approximate surface area is 142 Å². The van der Waals surface area contributed by atoms with E-state index in [4.69, 9.17) is 0 Å². The summed E-state index contributed by atoms with van der Waals surface area (Å²) in [6, 6.07) is 10.7. The summed E-state index contributed by atoms with van der Waals surface area (Å²) >= 11 is 0. The van der Waals surface area contributed by atoms with Crippen molar-refractivity contribution in [1.29, 1.82) is 0 Å². The summed E-state index contributed by atoms with van der Waals surface area (Å²) in [5.41, 5.74) is 2.14. The highest BCUT2D eigenvalue weighted by Crippen LogP contribution is 2.16. The van der Waals surface area contributed by atoms with Crippen molar-refractivity contribution in [3.05, 3.63) is 59.9 Å². The van der Waals surface area contributed by atoms with Crippen molar-refractivity contribution in [3.63, 3.8) is 0 Å². The predicted molar refractivity (Wildman–Crippen MR) is 91.8 cm³/mol. The SMILES string of the molecule is Cc1ccccc1[C@H](C)NC(=O)CCNS(=O)(=O)c1cccnc1. The zero-order chi connectivity index (χ0) is 17.6. The second kappa shape index (κ2) is 8.03. The number of nitrogens with one attached hydrogen (secondary N) is 2. The highest BCUT2D eigenvalue weighted by Gasteiger charge is 2.15. The second-order valence-corrected chi connectivity index (χ2v) is 7.25. The maximum absolute atomic E-state index is 12.0. The molecule has 1 amide bonds. The van der Waals surface area contributed by atoms with E-state index >= 15 is 0 Å². The largest absolute Gasteiger partial charge is 0.350 e. The monoisotopic (exact) mass is 347 g/mol. The number of carbonyl (C=O) groups is 1. The van der Waals surface area contributed by atoms with Crippen LogP contribution in [0, 0.1) is 6.92 Å². The molecule has 0 aliphatic carbocycles. The van der Waals surface area contributed by atoms with E-state index in [0.717, 1.165) is 11.1 Å². The van der Waals surface area contributed by atoms with Crippen LogP contribution in [0.2, 0.25) is 0 Å². The Morgan fingerprint density at radius 1 is 1.21 bits per heavy atom. The number of carbonyl (C=O) groups excluding carboxylic acids is 1. The highest BCUT2D eigenvalue weighted by atomic mass is 32.2. The lowest BCUT2D eigenvalue weighted by Gasteiger charge is -2.16. The van der Waals surface area contributed by atoms with Gasteiger partial charge in [-0.15, -0.1) is 0 Å². The summed E-state index contributed by atoms with van der Waals surface area (Å²) in [5, 5.41) is 2.88. The van der Waals surface area contributed by atoms with Gasteiger partial charge in [-0.3, -0.25) is 9.78 Å². The lowest BCUT2D eigenvalue weighted by atomic mass is 10.0. The number of aryl methyl sites for hydroxylation is 1. The van der Waals surface area contributed by atoms with Crippen molar-refractivity contribution >= 4 is 15.9 Å². The molecule has 1 atom stereocenters. The summed E-state index contributed by atoms with van der Waals surface area (Å²) < 4.78 is 26.4. The van der Waals surface area contributed by atoms with Gasteiger partial charge in [0.15, 0.2) is 0 Å². The molecule has 1 heterocycles. The molecule has 0 saturated heterocycles. The Balaban J connectivity index is 1.85. The smallest absolute Gasteiger partial charge is 0.242 e. The number of amides is 1. The molecule has 0 spiro atoms. The Morgan fingerprint density at radius 3 is 2.62 bits per heavy atom. The summed E-state index contributed by atoms with van der Waals surface area (Å²) in [7, 11) is -3.64. The number of hydrogen-bond acceptors (Lipinski definition) is 4. The maximum Gasteiger partial charge on any atom is 0.242 e. The van der Waals surface area contributed by atoms with Gasteiger partial charge in [0.1, 0.15) is 4.90 Å². The van der Waals surface area contributed by atoms with Crippen LogP contribution in [0.5, 0.6) is 0 Å². The zero-order valence-electron chi connectivity index (χ0n) is 13.7. The molecular weight excluding hydrogens is 326 g/mol. The van der Waals surface area contributed by atoms with Gasteiger partial charge in [-0.2, -0.15) is 0 Å². The van der Waals surface area contributed by atoms with Crippen LogP contribution >= 0.6 is 0 Å². The fourth-order valence-electron chi connectivity index (χ4n) is 2.35. The number of rotatable bonds is 7. The van der Waals surface area contributed by atoms with Crippen molar-refractivity contribution in [2.24, 2.45) is 0 Å². The van der Waals surface area contributed by atoms with Gasteiger partial charge in [0.25, 0.3) is 0 Å². The van der Waals surface area contributed by atoms with Crippen LogP contribution in [-0.2, 0) is 14.8 Å². The molecule has 1 aromatic heterocycles. The summed E-state index contributed by atoms with van der Waals surface area (Å²) in [6.07, 6.45) is 2.83. The molecule has 7 heteroatoms. The average molecular weight is 347 g/mol. The summed E-state index contributed by atoms with van der Waals surface area (Å²) in [4.78, 5) is 15.9. The lowest BCUT2D eigenvalue weighted by molar-refractivity contribution is -0.121. The second-order valence-electron chi connectivity index (χ2n) is 5.48. The molecule has 0 bridgehead atoms. The van der Waals surface area contributed by atoms with Gasteiger partial charge >= 0.3 is 0 Å². The molecule has 0 unspecified atom stereocenters. The van der Waals surface area contributed by atoms with E-state index < -0.39 is 10.0 Å². The number of hydrogen-bond donors (Lipinski definition) is 2. The Hall–Kier alpha value is -2.25. The first-order valence-corrected chi connectivity index (χ1v) is 9.13. The zero-order valence-corrected chi connectivity index (χ0v) is 14.5. The van der Waals surface area contributed by atoms with Crippen LogP contribution in [0.1, 0.15) is 30.5 Å². The van der Waals surface area contributed by atoms with Crippen molar-refractivity contribution in [2.45, 2.75) is 31.2 Å². The molecule has 0 fully saturated rings. The van der Waals surface area contributed by atoms with Gasteiger partial charge in [0.2, 0.25) is 15.9 Å². The first-order chi connectivity index (χ1) is 11.4. The summed E-state index contributed by atoms with van der Waals surface area (Å²) in [6.45, 7) is 3.92. The molecule has 0 aliphatic rings. The van der Waals surface area contributed by atoms with Crippen molar-refractivity contribution < 1.29 is 13.2 Å². The normalized spacial score (nSPS) is 12.6. The lowest BCUT2D eigenvalue weighted by Crippen LogP contribution is -2.32. The number of nitrogens with zero attached hydrogens (tertiary/aromatic N) is 1. The molecule has 2 aromatic rings. The molecule has 1 aromatic carbocycles.